The molecule has 134 valence electrons. The summed E-state index contributed by atoms with van der Waals surface area (Å²) in [6.07, 6.45) is 5.64. The first-order chi connectivity index (χ1) is 12.6. The number of benzene rings is 2. The smallest absolute Gasteiger partial charge is 0.250 e. The number of hydrogen-bond donors (Lipinski definition) is 2. The molecule has 1 fully saturated rings. The monoisotopic (exact) mass is 385 g/mol. The standard InChI is InChI=1S/C20H20ClN3OS/c21-16-6-3-15(4-7-16)5-12-19(25)23-20(26)22-17-8-10-18(11-9-17)24-13-1-2-14-24/h3-12H,1-2,13-14H2,(H2,22,23,25,26)/b12-5+. The van der Waals surface area contributed by atoms with Gasteiger partial charge in [-0.05, 0) is 73.1 Å². The Hall–Kier alpha value is -2.37. The van der Waals surface area contributed by atoms with Gasteiger partial charge in [-0.1, -0.05) is 23.7 Å². The molecule has 0 radical (unpaired) electrons. The fourth-order valence-corrected chi connectivity index (χ4v) is 3.14. The maximum atomic E-state index is 12.0. The summed E-state index contributed by atoms with van der Waals surface area (Å²) in [4.78, 5) is 14.3. The molecule has 2 N–H and O–H groups in total. The van der Waals surface area contributed by atoms with Crippen LogP contribution in [0.15, 0.2) is 54.6 Å². The third-order valence-corrected chi connectivity index (χ3v) is 4.59. The Balaban J connectivity index is 1.49. The van der Waals surface area contributed by atoms with Crippen LogP contribution in [-0.2, 0) is 4.79 Å². The van der Waals surface area contributed by atoms with E-state index in [2.05, 4.69) is 27.7 Å². The van der Waals surface area contributed by atoms with Gasteiger partial charge in [0, 0.05) is 35.6 Å². The van der Waals surface area contributed by atoms with Crippen molar-refractivity contribution in [2.45, 2.75) is 12.8 Å². The molecule has 1 saturated heterocycles. The highest BCUT2D eigenvalue weighted by Crippen LogP contribution is 2.22. The molecule has 2 aromatic carbocycles. The van der Waals surface area contributed by atoms with Gasteiger partial charge in [-0.25, -0.2) is 0 Å². The van der Waals surface area contributed by atoms with Crippen LogP contribution in [0.2, 0.25) is 5.02 Å². The number of nitrogens with one attached hydrogen (secondary N) is 2. The lowest BCUT2D eigenvalue weighted by Crippen LogP contribution is -2.32. The second-order valence-electron chi connectivity index (χ2n) is 6.07. The zero-order valence-electron chi connectivity index (χ0n) is 14.2. The lowest BCUT2D eigenvalue weighted by atomic mass is 10.2. The molecular weight excluding hydrogens is 366 g/mol. The first-order valence-corrected chi connectivity index (χ1v) is 9.29. The number of anilines is 2. The van der Waals surface area contributed by atoms with Crippen LogP contribution in [-0.4, -0.2) is 24.1 Å². The van der Waals surface area contributed by atoms with Gasteiger partial charge in [0.2, 0.25) is 5.91 Å². The van der Waals surface area contributed by atoms with Crippen molar-refractivity contribution in [3.05, 3.63) is 65.2 Å². The topological polar surface area (TPSA) is 44.4 Å². The number of nitrogens with zero attached hydrogens (tertiary/aromatic N) is 1. The lowest BCUT2D eigenvalue weighted by molar-refractivity contribution is -0.115. The Labute approximate surface area is 163 Å². The maximum Gasteiger partial charge on any atom is 0.250 e. The van der Waals surface area contributed by atoms with E-state index in [4.69, 9.17) is 23.8 Å². The van der Waals surface area contributed by atoms with E-state index in [-0.39, 0.29) is 11.0 Å². The van der Waals surface area contributed by atoms with Gasteiger partial charge >= 0.3 is 0 Å². The Kier molecular flexibility index (Phi) is 6.26. The Morgan fingerprint density at radius 2 is 1.69 bits per heavy atom. The molecule has 0 spiro atoms. The number of hydrogen-bond acceptors (Lipinski definition) is 3. The predicted molar refractivity (Wildman–Crippen MR) is 113 cm³/mol. The van der Waals surface area contributed by atoms with Crippen LogP contribution in [0.3, 0.4) is 0 Å². The average molecular weight is 386 g/mol. The molecule has 0 aliphatic carbocycles. The van der Waals surface area contributed by atoms with E-state index in [1.807, 2.05) is 24.3 Å². The van der Waals surface area contributed by atoms with E-state index in [0.29, 0.717) is 5.02 Å². The maximum absolute atomic E-state index is 12.0. The SMILES string of the molecule is O=C(/C=C/c1ccc(Cl)cc1)NC(=S)Nc1ccc(N2CCCC2)cc1. The molecule has 2 aromatic rings. The third kappa shape index (κ3) is 5.31. The van der Waals surface area contributed by atoms with E-state index in [1.165, 1.54) is 24.6 Å². The fraction of sp³-hybridized carbons (Fsp3) is 0.200. The summed E-state index contributed by atoms with van der Waals surface area (Å²) in [5, 5.41) is 6.59. The number of carbonyl (C=O) groups excluding carboxylic acids is 1. The number of rotatable bonds is 4. The van der Waals surface area contributed by atoms with Gasteiger partial charge in [0.1, 0.15) is 0 Å². The van der Waals surface area contributed by atoms with Gasteiger partial charge in [0.05, 0.1) is 0 Å². The van der Waals surface area contributed by atoms with Crippen LogP contribution in [0, 0.1) is 0 Å². The van der Waals surface area contributed by atoms with E-state index in [1.54, 1.807) is 18.2 Å². The molecule has 1 aliphatic rings. The van der Waals surface area contributed by atoms with E-state index >= 15 is 0 Å². The minimum atomic E-state index is -0.286. The molecule has 0 aromatic heterocycles. The Morgan fingerprint density at radius 1 is 1.04 bits per heavy atom. The zero-order valence-corrected chi connectivity index (χ0v) is 15.8. The molecule has 0 bridgehead atoms. The van der Waals surface area contributed by atoms with E-state index in [9.17, 15) is 4.79 Å². The molecule has 0 unspecified atom stereocenters. The summed E-state index contributed by atoms with van der Waals surface area (Å²) in [6, 6.07) is 15.3. The molecule has 6 heteroatoms. The fourth-order valence-electron chi connectivity index (χ4n) is 2.79. The van der Waals surface area contributed by atoms with Crippen molar-refractivity contribution in [1.82, 2.24) is 5.32 Å². The molecular formula is C20H20ClN3OS. The third-order valence-electron chi connectivity index (χ3n) is 4.13. The largest absolute Gasteiger partial charge is 0.372 e. The van der Waals surface area contributed by atoms with Crippen molar-refractivity contribution < 1.29 is 4.79 Å². The van der Waals surface area contributed by atoms with Crippen molar-refractivity contribution in [2.24, 2.45) is 0 Å². The second-order valence-corrected chi connectivity index (χ2v) is 6.91. The van der Waals surface area contributed by atoms with Crippen molar-refractivity contribution in [1.29, 1.82) is 0 Å². The minimum Gasteiger partial charge on any atom is -0.372 e. The molecule has 4 nitrogen and oxygen atoms in total. The van der Waals surface area contributed by atoms with Crippen molar-refractivity contribution >= 4 is 52.3 Å². The predicted octanol–water partition coefficient (Wildman–Crippen LogP) is 4.47. The van der Waals surface area contributed by atoms with Crippen molar-refractivity contribution in [3.8, 4) is 0 Å². The van der Waals surface area contributed by atoms with Crippen LogP contribution >= 0.6 is 23.8 Å². The first kappa shape index (κ1) is 18.4. The Bertz CT molecular complexity index is 797. The van der Waals surface area contributed by atoms with Crippen LogP contribution in [0.1, 0.15) is 18.4 Å². The second kappa shape index (κ2) is 8.83. The summed E-state index contributed by atoms with van der Waals surface area (Å²) in [7, 11) is 0. The van der Waals surface area contributed by atoms with Gasteiger partial charge in [0.15, 0.2) is 5.11 Å². The highest BCUT2D eigenvalue weighted by molar-refractivity contribution is 7.80. The van der Waals surface area contributed by atoms with Crippen LogP contribution in [0.4, 0.5) is 11.4 Å². The van der Waals surface area contributed by atoms with Gasteiger partial charge in [-0.2, -0.15) is 0 Å². The molecule has 1 heterocycles. The molecule has 0 atom stereocenters. The van der Waals surface area contributed by atoms with Gasteiger partial charge in [-0.3, -0.25) is 10.1 Å². The van der Waals surface area contributed by atoms with Crippen LogP contribution in [0.5, 0.6) is 0 Å². The average Bonchev–Trinajstić information content (AvgIpc) is 3.16. The molecule has 26 heavy (non-hydrogen) atoms. The van der Waals surface area contributed by atoms with E-state index < -0.39 is 0 Å². The normalized spacial score (nSPS) is 13.8. The summed E-state index contributed by atoms with van der Waals surface area (Å²) >= 11 is 11.0. The molecule has 0 saturated carbocycles. The quantitative estimate of drug-likeness (QED) is 0.602. The summed E-state index contributed by atoms with van der Waals surface area (Å²) in [5.74, 6) is -0.286. The van der Waals surface area contributed by atoms with Crippen LogP contribution < -0.4 is 15.5 Å². The highest BCUT2D eigenvalue weighted by atomic mass is 35.5. The van der Waals surface area contributed by atoms with Gasteiger partial charge in [0.25, 0.3) is 0 Å². The number of amides is 1. The number of carbonyl (C=O) groups is 1. The van der Waals surface area contributed by atoms with Gasteiger partial charge in [-0.15, -0.1) is 0 Å². The van der Waals surface area contributed by atoms with Crippen LogP contribution in [0.25, 0.3) is 6.08 Å². The number of thiocarbonyl (C=S) groups is 1. The molecule has 1 amide bonds. The lowest BCUT2D eigenvalue weighted by Gasteiger charge is -2.18. The Morgan fingerprint density at radius 3 is 2.35 bits per heavy atom. The summed E-state index contributed by atoms with van der Waals surface area (Å²) in [6.45, 7) is 2.22. The minimum absolute atomic E-state index is 0.268. The highest BCUT2D eigenvalue weighted by Gasteiger charge is 2.11. The number of halogens is 1. The zero-order chi connectivity index (χ0) is 18.4. The summed E-state index contributed by atoms with van der Waals surface area (Å²) in [5.41, 5.74) is 2.95. The van der Waals surface area contributed by atoms with Gasteiger partial charge < -0.3 is 10.2 Å². The van der Waals surface area contributed by atoms with Crippen molar-refractivity contribution in [2.75, 3.05) is 23.3 Å². The van der Waals surface area contributed by atoms with Crippen molar-refractivity contribution in [3.63, 3.8) is 0 Å². The van der Waals surface area contributed by atoms with E-state index in [0.717, 1.165) is 24.3 Å². The molecule has 3 rings (SSSR count). The first-order valence-electron chi connectivity index (χ1n) is 8.51. The molecule has 1 aliphatic heterocycles. The summed E-state index contributed by atoms with van der Waals surface area (Å²) < 4.78 is 0.